The maximum atomic E-state index is 12.3. The molecule has 398 valence electrons. The summed E-state index contributed by atoms with van der Waals surface area (Å²) in [7, 11) is 5.42. The first-order chi connectivity index (χ1) is 33.8. The van der Waals surface area contributed by atoms with E-state index in [-0.39, 0.29) is 36.6 Å². The summed E-state index contributed by atoms with van der Waals surface area (Å²) in [5.41, 5.74) is 6.84. The van der Waals surface area contributed by atoms with Crippen molar-refractivity contribution >= 4 is 46.2 Å². The van der Waals surface area contributed by atoms with Gasteiger partial charge >= 0.3 is 12.0 Å². The van der Waals surface area contributed by atoms with Gasteiger partial charge in [-0.1, -0.05) is 77.2 Å². The lowest BCUT2D eigenvalue weighted by Crippen LogP contribution is -2.51. The van der Waals surface area contributed by atoms with Crippen LogP contribution in [0.5, 0.6) is 0 Å². The predicted molar refractivity (Wildman–Crippen MR) is 290 cm³/mol. The van der Waals surface area contributed by atoms with Crippen LogP contribution in [-0.2, 0) is 28.6 Å². The first-order valence-electron chi connectivity index (χ1n) is 25.4. The van der Waals surface area contributed by atoms with Crippen LogP contribution in [0.3, 0.4) is 0 Å². The summed E-state index contributed by atoms with van der Waals surface area (Å²) in [4.78, 5) is 55.9. The molecule has 1 aliphatic heterocycles. The summed E-state index contributed by atoms with van der Waals surface area (Å²) in [5.74, 6) is 2.98. The number of terminal acetylenes is 1. The van der Waals surface area contributed by atoms with Gasteiger partial charge in [0.25, 0.3) is 0 Å². The van der Waals surface area contributed by atoms with Gasteiger partial charge in [-0.05, 0) is 111 Å². The number of likely N-dealkylation sites (tertiary alicyclic amines) is 1. The summed E-state index contributed by atoms with van der Waals surface area (Å²) in [6.45, 7) is 16.9. The second-order valence-electron chi connectivity index (χ2n) is 16.8. The zero-order valence-corrected chi connectivity index (χ0v) is 45.5. The number of thiazole rings is 1. The molecule has 1 aromatic heterocycles. The number of carboxylic acid groups (broad SMARTS) is 1. The second kappa shape index (κ2) is 46.6. The van der Waals surface area contributed by atoms with E-state index in [1.807, 2.05) is 56.5 Å². The minimum absolute atomic E-state index is 0.0131. The van der Waals surface area contributed by atoms with Crippen molar-refractivity contribution in [2.45, 2.75) is 169 Å². The van der Waals surface area contributed by atoms with Crippen molar-refractivity contribution < 1.29 is 38.5 Å². The molecule has 3 aliphatic rings. The van der Waals surface area contributed by atoms with Gasteiger partial charge in [-0.25, -0.2) is 9.78 Å². The Morgan fingerprint density at radius 1 is 1.04 bits per heavy atom. The zero-order chi connectivity index (χ0) is 52.8. The smallest absolute Gasteiger partial charge is 0.315 e. The molecule has 0 bridgehead atoms. The molecule has 1 saturated heterocycles. The number of anilines is 1. The van der Waals surface area contributed by atoms with Gasteiger partial charge in [-0.15, -0.1) is 23.7 Å². The monoisotopic (exact) mass is 1000 g/mol. The Morgan fingerprint density at radius 2 is 1.73 bits per heavy atom. The molecule has 2 aliphatic carbocycles. The third-order valence-corrected chi connectivity index (χ3v) is 11.5. The van der Waals surface area contributed by atoms with Gasteiger partial charge in [0.15, 0.2) is 10.9 Å². The summed E-state index contributed by atoms with van der Waals surface area (Å²) in [6.07, 6.45) is 35.2. The van der Waals surface area contributed by atoms with Gasteiger partial charge in [-0.2, -0.15) is 0 Å². The Balaban J connectivity index is 0. The number of allylic oxidation sites excluding steroid dienone is 5. The van der Waals surface area contributed by atoms with E-state index in [0.717, 1.165) is 80.3 Å². The van der Waals surface area contributed by atoms with E-state index in [9.17, 15) is 19.2 Å². The van der Waals surface area contributed by atoms with Crippen molar-refractivity contribution in [2.75, 3.05) is 59.6 Å². The lowest BCUT2D eigenvalue weighted by molar-refractivity contribution is -0.137. The van der Waals surface area contributed by atoms with E-state index in [4.69, 9.17) is 25.1 Å². The molecule has 70 heavy (non-hydrogen) atoms. The van der Waals surface area contributed by atoms with Crippen molar-refractivity contribution in [3.05, 3.63) is 59.6 Å². The average Bonchev–Trinajstić information content (AvgIpc) is 3.98. The van der Waals surface area contributed by atoms with E-state index >= 15 is 0 Å². The number of ketones is 1. The minimum Gasteiger partial charge on any atom is -0.505 e. The molecule has 6 N–H and O–H groups in total. The number of hydrogen-bond donors (Lipinski definition) is 5. The highest BCUT2D eigenvalue weighted by molar-refractivity contribution is 7.13. The number of ether oxygens (including phenoxy) is 3. The lowest BCUT2D eigenvalue weighted by atomic mass is 9.81. The number of hydrogen-bond acceptors (Lipinski definition) is 13. The van der Waals surface area contributed by atoms with E-state index in [0.29, 0.717) is 38.1 Å². The van der Waals surface area contributed by atoms with Crippen molar-refractivity contribution in [3.63, 3.8) is 0 Å². The third kappa shape index (κ3) is 36.2. The lowest BCUT2D eigenvalue weighted by Gasteiger charge is -2.30. The first-order valence-corrected chi connectivity index (χ1v) is 26.3. The number of nitrogens with zero attached hydrogens (tertiary/aromatic N) is 3. The average molecular weight is 1000 g/mol. The number of carboxylic acids is 1. The normalized spacial score (nSPS) is 16.4. The Kier molecular flexibility index (Phi) is 44.7. The van der Waals surface area contributed by atoms with Crippen LogP contribution in [0.2, 0.25) is 0 Å². The van der Waals surface area contributed by atoms with Crippen LogP contribution in [-0.4, -0.2) is 117 Å². The van der Waals surface area contributed by atoms with Crippen molar-refractivity contribution in [1.82, 2.24) is 20.5 Å². The van der Waals surface area contributed by atoms with E-state index in [2.05, 4.69) is 77.1 Å². The topological polar surface area (TPSA) is 207 Å². The first kappa shape index (κ1) is 67.3. The van der Waals surface area contributed by atoms with Gasteiger partial charge < -0.3 is 50.7 Å². The zero-order valence-electron chi connectivity index (χ0n) is 44.6. The van der Waals surface area contributed by atoms with Crippen molar-refractivity contribution in [1.29, 1.82) is 0 Å². The molecule has 15 nitrogen and oxygen atoms in total. The number of Topliss-reactive ketones (excluding diaryl/α,β-unsaturated/α-hetero) is 1. The number of amides is 2. The molecule has 2 heterocycles. The quantitative estimate of drug-likeness (QED) is 0.0112. The Hall–Kier alpha value is -4.82. The summed E-state index contributed by atoms with van der Waals surface area (Å²) < 4.78 is 15.5. The number of methoxy groups -OCH3 is 2. The summed E-state index contributed by atoms with van der Waals surface area (Å²) in [5, 5.41) is 19.8. The van der Waals surface area contributed by atoms with E-state index in [1.165, 1.54) is 45.1 Å². The number of nitrogens with two attached hydrogens (primary N) is 1. The standard InChI is InChI=1S/C18H27N3O2S.C14H22N2O3.C10H18O2.C7H16N2O.C3H4.C2H6/c1-6-7-9-15(23-5)12-16(19-10-8-11-22-4)17-13-24-18(21-17)20-14(2)3;17-9-8-15-14(19)16-12(13(18)11-6-7-11)10-4-2-1-3-5-10;1-2-3-4-5-6-7-8-9-10(11)12;1-9-4-2-3-7(9)5-10-6-8;1-3-2;1-2/h6-8,11-14H,9-10H2,1-5H3,(H,20,21);9-12H,1-8H2,(H2,15,16,19);6-7H,2-5,8-9H2,1H3,(H,11,12);7H,2-6,8H2,1H3;1H,2H3;1-2H3/b7-6-,11-8+,15-12+,19-16?;;7-6-;;;/t;;;7-;;/m...0../s1. The second-order valence-corrected chi connectivity index (χ2v) is 17.7. The number of carbonyl (C=O) groups is 4. The minimum atomic E-state index is -0.715. The molecule has 4 rings (SSSR count). The largest absolute Gasteiger partial charge is 0.505 e. The molecule has 16 heteroatoms. The molecule has 2 saturated carbocycles. The SMILES string of the molecule is C#CC.C/C=C\C/C(=C\C(=NC/C=C/OC)c1csc(NC(C)C)n1)OC.CC.CCCCC/C=C\CCC(=O)O.CN1CCC[C@H]1COCN.O=CCNC(=O)NC(C(=O)C1CC1)C1CCCCC1. The van der Waals surface area contributed by atoms with Gasteiger partial charge in [0, 0.05) is 42.3 Å². The number of aromatic nitrogens is 1. The van der Waals surface area contributed by atoms with Crippen LogP contribution < -0.4 is 21.7 Å². The molecule has 0 aromatic carbocycles. The van der Waals surface area contributed by atoms with Crippen LogP contribution >= 0.6 is 11.3 Å². The Morgan fingerprint density at radius 3 is 2.27 bits per heavy atom. The summed E-state index contributed by atoms with van der Waals surface area (Å²) in [6, 6.07) is 0.188. The van der Waals surface area contributed by atoms with Gasteiger partial charge in [0.2, 0.25) is 0 Å². The number of nitrogens with one attached hydrogen (secondary N) is 3. The van der Waals surface area contributed by atoms with Crippen molar-refractivity contribution in [3.8, 4) is 12.3 Å². The molecular formula is C54H93N7O8S. The summed E-state index contributed by atoms with van der Waals surface area (Å²) >= 11 is 1.57. The molecule has 2 atom stereocenters. The van der Waals surface area contributed by atoms with Gasteiger partial charge in [0.1, 0.15) is 17.7 Å². The van der Waals surface area contributed by atoms with Crippen LogP contribution in [0.25, 0.3) is 0 Å². The fourth-order valence-corrected chi connectivity index (χ4v) is 7.82. The molecule has 1 unspecified atom stereocenters. The number of rotatable bonds is 26. The maximum Gasteiger partial charge on any atom is 0.315 e. The van der Waals surface area contributed by atoms with Crippen LogP contribution in [0.1, 0.15) is 157 Å². The molecule has 0 radical (unpaired) electrons. The van der Waals surface area contributed by atoms with Crippen LogP contribution in [0.4, 0.5) is 9.93 Å². The highest BCUT2D eigenvalue weighted by Crippen LogP contribution is 2.35. The Bertz CT molecular complexity index is 1690. The molecule has 0 spiro atoms. The number of aldehydes is 1. The number of unbranched alkanes of at least 4 members (excludes halogenated alkanes) is 3. The van der Waals surface area contributed by atoms with E-state index < -0.39 is 12.0 Å². The molecule has 3 fully saturated rings. The fourth-order valence-electron chi connectivity index (χ4n) is 6.97. The molecule has 2 amide bonds. The number of aliphatic carboxylic acids is 1. The number of urea groups is 1. The predicted octanol–water partition coefficient (Wildman–Crippen LogP) is 10.5. The number of carbonyl (C=O) groups excluding carboxylic acids is 3. The van der Waals surface area contributed by atoms with E-state index in [1.54, 1.807) is 38.7 Å². The molecular weight excluding hydrogens is 907 g/mol. The maximum absolute atomic E-state index is 12.3. The van der Waals surface area contributed by atoms with Crippen LogP contribution in [0.15, 0.2) is 58.8 Å². The number of likely N-dealkylation sites (N-methyl/N-ethyl adjacent to an activating group) is 1. The Labute approximate surface area is 427 Å². The van der Waals surface area contributed by atoms with Crippen molar-refractivity contribution in [2.24, 2.45) is 22.6 Å². The van der Waals surface area contributed by atoms with Gasteiger partial charge in [-0.3, -0.25) is 14.6 Å². The highest BCUT2D eigenvalue weighted by Gasteiger charge is 2.39. The third-order valence-electron chi connectivity index (χ3n) is 10.7. The number of aliphatic imine (C=N–C) groups is 1. The fraction of sp³-hybridized carbons (Fsp3) is 0.667. The van der Waals surface area contributed by atoms with Gasteiger partial charge in [0.05, 0.1) is 58.7 Å². The van der Waals surface area contributed by atoms with Crippen LogP contribution in [0, 0.1) is 24.2 Å². The highest BCUT2D eigenvalue weighted by atomic mass is 32.1. The molecule has 1 aromatic rings.